The van der Waals surface area contributed by atoms with Crippen LogP contribution in [0.3, 0.4) is 0 Å². The highest BCUT2D eigenvalue weighted by molar-refractivity contribution is 7.89. The predicted molar refractivity (Wildman–Crippen MR) is 103 cm³/mol. The van der Waals surface area contributed by atoms with Crippen LogP contribution in [0.25, 0.3) is 0 Å². The average molecular weight is 391 g/mol. The monoisotopic (exact) mass is 391 g/mol. The fourth-order valence-corrected chi connectivity index (χ4v) is 4.90. The smallest absolute Gasteiger partial charge is 0.243 e. The zero-order chi connectivity index (χ0) is 19.4. The molecule has 1 saturated heterocycles. The molecule has 0 spiro atoms. The second kappa shape index (κ2) is 8.29. The van der Waals surface area contributed by atoms with E-state index in [1.54, 1.807) is 12.1 Å². The van der Waals surface area contributed by atoms with E-state index < -0.39 is 10.0 Å². The molecule has 0 radical (unpaired) electrons. The minimum absolute atomic E-state index is 0.182. The van der Waals surface area contributed by atoms with Gasteiger partial charge in [-0.2, -0.15) is 4.31 Å². The highest BCUT2D eigenvalue weighted by atomic mass is 32.2. The largest absolute Gasteiger partial charge is 0.493 e. The van der Waals surface area contributed by atoms with Crippen molar-refractivity contribution in [3.63, 3.8) is 0 Å². The van der Waals surface area contributed by atoms with Crippen molar-refractivity contribution in [1.82, 2.24) is 4.31 Å². The van der Waals surface area contributed by atoms with Gasteiger partial charge in [-0.3, -0.25) is 0 Å². The maximum Gasteiger partial charge on any atom is 0.243 e. The van der Waals surface area contributed by atoms with Crippen LogP contribution >= 0.6 is 0 Å². The fourth-order valence-electron chi connectivity index (χ4n) is 3.24. The van der Waals surface area contributed by atoms with Crippen LogP contribution < -0.4 is 9.47 Å². The van der Waals surface area contributed by atoms with Gasteiger partial charge in [0.1, 0.15) is 0 Å². The van der Waals surface area contributed by atoms with Gasteiger partial charge in [0, 0.05) is 18.7 Å². The summed E-state index contributed by atoms with van der Waals surface area (Å²) >= 11 is 0. The quantitative estimate of drug-likeness (QED) is 0.758. The fraction of sp³-hybridized carbons (Fsp3) is 0.400. The molecule has 0 bridgehead atoms. The summed E-state index contributed by atoms with van der Waals surface area (Å²) in [5, 5.41) is 0. The van der Waals surface area contributed by atoms with Crippen molar-refractivity contribution in [1.29, 1.82) is 0 Å². The van der Waals surface area contributed by atoms with Gasteiger partial charge in [0.15, 0.2) is 11.5 Å². The zero-order valence-electron chi connectivity index (χ0n) is 15.8. The molecule has 0 aromatic heterocycles. The van der Waals surface area contributed by atoms with Crippen molar-refractivity contribution in [2.24, 2.45) is 0 Å². The summed E-state index contributed by atoms with van der Waals surface area (Å²) in [6.45, 7) is 2.54. The van der Waals surface area contributed by atoms with E-state index >= 15 is 0 Å². The van der Waals surface area contributed by atoms with E-state index in [1.165, 1.54) is 24.6 Å². The summed E-state index contributed by atoms with van der Waals surface area (Å²) in [4.78, 5) is 0.187. The molecule has 0 aliphatic carbocycles. The topological polar surface area (TPSA) is 65.1 Å². The number of methoxy groups -OCH3 is 2. The molecule has 1 heterocycles. The van der Waals surface area contributed by atoms with Gasteiger partial charge in [-0.25, -0.2) is 8.42 Å². The molecule has 2 aromatic carbocycles. The number of benzene rings is 2. The van der Waals surface area contributed by atoms with E-state index in [-0.39, 0.29) is 17.0 Å². The molecule has 2 aromatic rings. The Balaban J connectivity index is 1.83. The minimum atomic E-state index is -3.68. The molecule has 146 valence electrons. The third-order valence-electron chi connectivity index (χ3n) is 4.72. The van der Waals surface area contributed by atoms with Crippen molar-refractivity contribution in [2.45, 2.75) is 30.4 Å². The third kappa shape index (κ3) is 4.26. The Morgan fingerprint density at radius 2 is 1.78 bits per heavy atom. The van der Waals surface area contributed by atoms with Gasteiger partial charge < -0.3 is 14.2 Å². The maximum absolute atomic E-state index is 13.2. The second-order valence-electron chi connectivity index (χ2n) is 6.59. The predicted octanol–water partition coefficient (Wildman–Crippen LogP) is 2.72. The Labute approximate surface area is 160 Å². The molecule has 2 atom stereocenters. The molecule has 2 unspecified atom stereocenters. The average Bonchev–Trinajstić information content (AvgIpc) is 2.69. The molecule has 1 fully saturated rings. The zero-order valence-corrected chi connectivity index (χ0v) is 16.6. The molecule has 7 heteroatoms. The van der Waals surface area contributed by atoms with Crippen molar-refractivity contribution in [3.8, 4) is 11.5 Å². The molecule has 27 heavy (non-hydrogen) atoms. The number of hydrogen-bond acceptors (Lipinski definition) is 5. The van der Waals surface area contributed by atoms with Gasteiger partial charge in [-0.15, -0.1) is 0 Å². The lowest BCUT2D eigenvalue weighted by atomic mass is 10.1. The molecule has 1 aliphatic heterocycles. The molecular formula is C20H25NO5S. The summed E-state index contributed by atoms with van der Waals surface area (Å²) in [5.74, 6) is 0.883. The highest BCUT2D eigenvalue weighted by Crippen LogP contribution is 2.32. The molecular weight excluding hydrogens is 366 g/mol. The van der Waals surface area contributed by atoms with Crippen LogP contribution in [-0.4, -0.2) is 52.2 Å². The lowest BCUT2D eigenvalue weighted by Gasteiger charge is -2.37. The first kappa shape index (κ1) is 19.7. The molecule has 3 rings (SSSR count). The number of nitrogens with zero attached hydrogens (tertiary/aromatic N) is 1. The standard InChI is InChI=1S/C20H25NO5S/c1-15-14-26-17(11-16-7-5-4-6-8-16)13-21(15)27(22,23)18-9-10-19(24-2)20(12-18)25-3/h4-10,12,15,17H,11,13-14H2,1-3H3. The van der Waals surface area contributed by atoms with Crippen molar-refractivity contribution in [3.05, 3.63) is 54.1 Å². The lowest BCUT2D eigenvalue weighted by molar-refractivity contribution is -0.0265. The number of rotatable bonds is 6. The molecule has 0 amide bonds. The lowest BCUT2D eigenvalue weighted by Crippen LogP contribution is -2.51. The van der Waals surface area contributed by atoms with Crippen LogP contribution in [0.15, 0.2) is 53.4 Å². The summed E-state index contributed by atoms with van der Waals surface area (Å²) in [6.07, 6.45) is 0.490. The van der Waals surface area contributed by atoms with Gasteiger partial charge in [0.2, 0.25) is 10.0 Å². The van der Waals surface area contributed by atoms with Crippen LogP contribution in [-0.2, 0) is 21.2 Å². The highest BCUT2D eigenvalue weighted by Gasteiger charge is 2.36. The normalized spacial score (nSPS) is 21.0. The summed E-state index contributed by atoms with van der Waals surface area (Å²) in [5.41, 5.74) is 1.13. The maximum atomic E-state index is 13.2. The van der Waals surface area contributed by atoms with E-state index in [0.717, 1.165) is 5.56 Å². The first-order chi connectivity index (χ1) is 13.0. The molecule has 0 saturated carbocycles. The Bertz CT molecular complexity index is 869. The molecule has 1 aliphatic rings. The van der Waals surface area contributed by atoms with E-state index in [0.29, 0.717) is 31.1 Å². The SMILES string of the molecule is COc1ccc(S(=O)(=O)N2CC(Cc3ccccc3)OCC2C)cc1OC. The Kier molecular flexibility index (Phi) is 6.04. The van der Waals surface area contributed by atoms with Crippen LogP contribution in [0.2, 0.25) is 0 Å². The Hall–Kier alpha value is -2.09. The summed E-state index contributed by atoms with van der Waals surface area (Å²) in [7, 11) is -0.671. The Morgan fingerprint density at radius 3 is 2.44 bits per heavy atom. The van der Waals surface area contributed by atoms with Gasteiger partial charge in [-0.1, -0.05) is 30.3 Å². The summed E-state index contributed by atoms with van der Waals surface area (Å²) in [6, 6.07) is 14.4. The van der Waals surface area contributed by atoms with Crippen LogP contribution in [0, 0.1) is 0 Å². The van der Waals surface area contributed by atoms with Crippen LogP contribution in [0.5, 0.6) is 11.5 Å². The number of sulfonamides is 1. The molecule has 6 nitrogen and oxygen atoms in total. The van der Waals surface area contributed by atoms with E-state index in [1.807, 2.05) is 37.3 Å². The van der Waals surface area contributed by atoms with E-state index in [4.69, 9.17) is 14.2 Å². The Morgan fingerprint density at radius 1 is 1.07 bits per heavy atom. The number of ether oxygens (including phenoxy) is 3. The van der Waals surface area contributed by atoms with Crippen LogP contribution in [0.4, 0.5) is 0 Å². The summed E-state index contributed by atoms with van der Waals surface area (Å²) < 4.78 is 44.3. The van der Waals surface area contributed by atoms with Crippen molar-refractivity contribution >= 4 is 10.0 Å². The first-order valence-corrected chi connectivity index (χ1v) is 10.3. The van der Waals surface area contributed by atoms with Crippen molar-refractivity contribution in [2.75, 3.05) is 27.4 Å². The van der Waals surface area contributed by atoms with Crippen LogP contribution in [0.1, 0.15) is 12.5 Å². The minimum Gasteiger partial charge on any atom is -0.493 e. The van der Waals surface area contributed by atoms with Gasteiger partial charge >= 0.3 is 0 Å². The third-order valence-corrected chi connectivity index (χ3v) is 6.69. The number of morpholine rings is 1. The first-order valence-electron chi connectivity index (χ1n) is 8.85. The van der Waals surface area contributed by atoms with Gasteiger partial charge in [0.25, 0.3) is 0 Å². The molecule has 0 N–H and O–H groups in total. The second-order valence-corrected chi connectivity index (χ2v) is 8.48. The van der Waals surface area contributed by atoms with Gasteiger partial charge in [-0.05, 0) is 31.0 Å². The number of hydrogen-bond donors (Lipinski definition) is 0. The van der Waals surface area contributed by atoms with Gasteiger partial charge in [0.05, 0.1) is 31.8 Å². The van der Waals surface area contributed by atoms with E-state index in [2.05, 4.69) is 0 Å². The van der Waals surface area contributed by atoms with E-state index in [9.17, 15) is 8.42 Å². The van der Waals surface area contributed by atoms with Crippen molar-refractivity contribution < 1.29 is 22.6 Å².